The second-order valence-electron chi connectivity index (χ2n) is 37.9. The number of nitrogens with zero attached hydrogens (tertiary/aromatic N) is 4. The first-order valence-corrected chi connectivity index (χ1v) is 56.7. The van der Waals surface area contributed by atoms with Gasteiger partial charge in [0, 0.05) is 184 Å². The molecule has 6 heterocycles. The Morgan fingerprint density at radius 2 is 0.918 bits per heavy atom. The maximum absolute atomic E-state index is 15.9. The number of aromatic amines is 2. The molecule has 146 heavy (non-hydrogen) atoms. The van der Waals surface area contributed by atoms with Crippen LogP contribution in [0.2, 0.25) is 0 Å². The number of anilines is 3. The first kappa shape index (κ1) is 115. The predicted octanol–water partition coefficient (Wildman–Crippen LogP) is 2.34. The van der Waals surface area contributed by atoms with Crippen LogP contribution in [-0.2, 0) is 149 Å². The Morgan fingerprint density at radius 1 is 0.486 bits per heavy atom. The molecule has 4 aliphatic rings. The molecule has 11 amide bonds. The highest BCUT2D eigenvalue weighted by atomic mass is 32.2. The van der Waals surface area contributed by atoms with E-state index in [2.05, 4.69) is 73.8 Å². The molecule has 5 aromatic carbocycles. The maximum atomic E-state index is 15.9. The van der Waals surface area contributed by atoms with Gasteiger partial charge in [0.2, 0.25) is 95.0 Å². The molecule has 0 spiro atoms. The van der Waals surface area contributed by atoms with Gasteiger partial charge in [0.25, 0.3) is 0 Å². The van der Waals surface area contributed by atoms with Gasteiger partial charge in [-0.25, -0.2) is 25.3 Å². The van der Waals surface area contributed by atoms with Gasteiger partial charge in [0.05, 0.1) is 48.3 Å². The Balaban J connectivity index is 1.04. The number of aromatic nitrogens is 2. The summed E-state index contributed by atoms with van der Waals surface area (Å²) in [6.07, 6.45) is -1.16. The first-order valence-electron chi connectivity index (χ1n) is 48.4. The number of primary amides is 1. The van der Waals surface area contributed by atoms with Gasteiger partial charge in [0.15, 0.2) is 5.78 Å². The van der Waals surface area contributed by atoms with Crippen molar-refractivity contribution in [1.82, 2.24) is 75.6 Å². The zero-order chi connectivity index (χ0) is 106. The molecule has 16 atom stereocenters. The van der Waals surface area contributed by atoms with Crippen molar-refractivity contribution >= 4 is 187 Å². The van der Waals surface area contributed by atoms with E-state index >= 15 is 49.2 Å². The Labute approximate surface area is 862 Å². The number of carbonyl (C=O) groups is 14. The molecule has 48 heteroatoms. The van der Waals surface area contributed by atoms with E-state index in [9.17, 15) is 53.4 Å². The number of nitrogens with one attached hydrogen (secondary N) is 14. The van der Waals surface area contributed by atoms with E-state index in [-0.39, 0.29) is 93.6 Å². The third-order valence-corrected chi connectivity index (χ3v) is 35.3. The number of hydrogen-bond acceptors (Lipinski definition) is 28. The molecule has 42 nitrogen and oxygen atoms in total. The molecule has 10 bridgehead atoms. The second-order valence-corrected chi connectivity index (χ2v) is 47.6. The number of thioether (sulfide) groups is 3. The standard InChI is InChI=1S/C98H134N20O22S6/c1-11-65-40-83(121)88(58(7)119)114-91(127)68(41-82(120)57(6)99)52-141-23-26-144(135,136)115-46-59-29-61(34-69(32-59)101-8)48-116-49-62-31-64(37-71(35-62)103-10)51-117(50-63-30-60(47-115)33-70(36-63)102-9)146(139,140)28-25-143-54-80(111-90(65)126)95(131)108-77(39-67-44-105-75-20-15-13-18-73(67)75)94(130)112-86(55(2)3)97(133)109-78(42-85(123)124)92(128)106-45-84(122)107-76(38-66-43-104-74-19-14-12-17-72(66)74)93(129)113-87(56(4)5)98(134)118-22-16-21-81(118)96(132)110-79(89(100)125)53-142-24-27-145(116,137)138/h12-15,17-20,29-37,43-44,55-58,65,68,76-81,86-88,101-105,119H,11,16,21-28,38-42,45-54,99H2,1-10H3,(H2,100,125)(H,106,128)(H,107,122)(H,108,131)(H,109,133)(H,110,132)(H,111,126)(H,112,130)(H,113,129)(H,114,127)(H,123,124)/t57-,58+,65+,68-,76-,77-,78-,79-,80-,81-,86-,87-,88-/m0/s1. The highest BCUT2D eigenvalue weighted by Crippen LogP contribution is 2.33. The third kappa shape index (κ3) is 31.4. The van der Waals surface area contributed by atoms with Crippen molar-refractivity contribution in [2.24, 2.45) is 35.1 Å². The van der Waals surface area contributed by atoms with E-state index < -0.39 is 265 Å². The molecule has 2 aromatic heterocycles. The number of H-pyrrole nitrogens is 2. The molecule has 1 fully saturated rings. The highest BCUT2D eigenvalue weighted by molar-refractivity contribution is 8.01. The lowest BCUT2D eigenvalue weighted by molar-refractivity contribution is -0.143. The van der Waals surface area contributed by atoms with Crippen LogP contribution in [0.1, 0.15) is 131 Å². The van der Waals surface area contributed by atoms with Crippen LogP contribution in [-0.4, -0.2) is 298 Å². The number of rotatable bonds is 17. The molecule has 0 saturated carbocycles. The number of carboxylic acids is 1. The summed E-state index contributed by atoms with van der Waals surface area (Å²) in [5.74, 6) is -21.9. The van der Waals surface area contributed by atoms with Gasteiger partial charge < -0.3 is 100 Å². The summed E-state index contributed by atoms with van der Waals surface area (Å²) in [4.78, 5) is 212. The number of amides is 11. The minimum Gasteiger partial charge on any atom is -0.481 e. The van der Waals surface area contributed by atoms with Crippen LogP contribution in [0.3, 0.4) is 0 Å². The summed E-state index contributed by atoms with van der Waals surface area (Å²) < 4.78 is 97.7. The normalized spacial score (nSPS) is 25.7. The van der Waals surface area contributed by atoms with Crippen LogP contribution in [0.4, 0.5) is 17.1 Å². The topological polar surface area (TPSA) is 623 Å². The van der Waals surface area contributed by atoms with Gasteiger partial charge in [-0.05, 0) is 138 Å². The fraction of sp³-hybridized carbons (Fsp3) is 0.510. The van der Waals surface area contributed by atoms with Gasteiger partial charge >= 0.3 is 5.97 Å². The molecule has 0 radical (unpaired) electrons. The lowest BCUT2D eigenvalue weighted by Gasteiger charge is -2.32. The summed E-state index contributed by atoms with van der Waals surface area (Å²) in [6, 6.07) is 13.4. The Morgan fingerprint density at radius 3 is 1.36 bits per heavy atom. The molecule has 3 unspecified atom stereocenters. The van der Waals surface area contributed by atoms with Crippen LogP contribution in [0.15, 0.2) is 116 Å². The van der Waals surface area contributed by atoms with Crippen LogP contribution >= 0.6 is 35.3 Å². The zero-order valence-electron chi connectivity index (χ0n) is 83.3. The number of sulfonamides is 3. The van der Waals surface area contributed by atoms with Crippen LogP contribution in [0, 0.1) is 23.7 Å². The fourth-order valence-electron chi connectivity index (χ4n) is 17.8. The van der Waals surface area contributed by atoms with E-state index in [0.717, 1.165) is 35.3 Å². The van der Waals surface area contributed by atoms with Gasteiger partial charge in [-0.3, -0.25) is 67.1 Å². The number of carboxylic acid groups (broad SMARTS) is 1. The summed E-state index contributed by atoms with van der Waals surface area (Å²) in [5, 5.41) is 55.9. The number of carbonyl (C=O) groups excluding carboxylic acids is 13. The number of benzene rings is 5. The lowest BCUT2D eigenvalue weighted by Crippen LogP contribution is -2.61. The minimum absolute atomic E-state index is 0.00215. The monoisotopic (exact) mass is 2130 g/mol. The average Bonchev–Trinajstić information content (AvgIpc) is 1.71. The summed E-state index contributed by atoms with van der Waals surface area (Å²) in [6.45, 7) is 7.19. The number of fused-ring (bicyclic) bond motifs is 12. The quantitative estimate of drug-likeness (QED) is 0.0622. The van der Waals surface area contributed by atoms with Crippen LogP contribution in [0.25, 0.3) is 21.8 Å². The first-order chi connectivity index (χ1) is 69.2. The number of ketones is 2. The molecule has 1 saturated heterocycles. The Bertz CT molecular complexity index is 6300. The predicted molar refractivity (Wildman–Crippen MR) is 559 cm³/mol. The number of hydrogen-bond donors (Lipinski definition) is 18. The van der Waals surface area contributed by atoms with Crippen molar-refractivity contribution in [1.29, 1.82) is 0 Å². The van der Waals surface area contributed by atoms with E-state index in [0.29, 0.717) is 83.4 Å². The van der Waals surface area contributed by atoms with Gasteiger partial charge in [-0.2, -0.15) is 48.2 Å². The van der Waals surface area contributed by atoms with Crippen LogP contribution in [0.5, 0.6) is 0 Å². The molecular weight excluding hydrogens is 2000 g/mol. The average molecular weight is 2140 g/mol. The smallest absolute Gasteiger partial charge is 0.305 e. The number of nitrogens with two attached hydrogens (primary N) is 2. The molecule has 7 aromatic rings. The van der Waals surface area contributed by atoms with Crippen molar-refractivity contribution < 1.29 is 103 Å². The molecule has 11 rings (SSSR count). The fourth-order valence-corrected chi connectivity index (χ4v) is 26.6. The van der Waals surface area contributed by atoms with Crippen molar-refractivity contribution in [3.63, 3.8) is 0 Å². The summed E-state index contributed by atoms with van der Waals surface area (Å²) >= 11 is 2.80. The van der Waals surface area contributed by atoms with E-state index in [1.165, 1.54) is 45.5 Å². The van der Waals surface area contributed by atoms with Crippen molar-refractivity contribution in [3.05, 3.63) is 160 Å². The number of Topliss-reactive ketones (excluding diaryl/α,β-unsaturated/α-hetero) is 2. The lowest BCUT2D eigenvalue weighted by atomic mass is 9.92. The minimum atomic E-state index is -4.62. The number of aliphatic hydroxyl groups is 1. The van der Waals surface area contributed by atoms with Crippen molar-refractivity contribution in [2.45, 2.75) is 206 Å². The molecule has 4 aliphatic heterocycles. The molecular formula is C98H134N20O22S6. The van der Waals surface area contributed by atoms with Crippen molar-refractivity contribution in [2.75, 3.05) is 102 Å². The molecule has 794 valence electrons. The largest absolute Gasteiger partial charge is 0.481 e. The number of aliphatic hydroxyl groups excluding tert-OH is 1. The van der Waals surface area contributed by atoms with E-state index in [1.807, 2.05) is 0 Å². The molecule has 0 aliphatic carbocycles. The second kappa shape index (κ2) is 52.2. The van der Waals surface area contributed by atoms with Gasteiger partial charge in [-0.1, -0.05) is 89.2 Å². The van der Waals surface area contributed by atoms with E-state index in [4.69, 9.17) is 11.5 Å². The van der Waals surface area contributed by atoms with Gasteiger partial charge in [-0.15, -0.1) is 0 Å². The summed E-state index contributed by atoms with van der Waals surface area (Å²) in [7, 11) is -8.77. The summed E-state index contributed by atoms with van der Waals surface area (Å²) in [5.41, 5.74) is 17.8. The molecule has 20 N–H and O–H groups in total. The SMILES string of the molecule is CC[C@@H]1CC(=O)[C@H]([C@@H](C)O)NC(=O)[C@@H](CC(=O)[C@H](C)N)CSCCS(=O)(=O)N2Cc3cc(cc(NC)c3)CN3Cc4cc(cc(NC)c4)CN(Cc4cc(cc(NC)c4)C2)S(=O)(=O)CCSC[C@H](NC1=O)C(=O)N[C@@H](Cc1c[nH]c2ccccc12)C(=O)N[C@@H](C(C)C)C(=O)N[C@@H](CC(=O)O)C(=O)NCC(=O)N[C@@H](Cc1c[nH]c2ccccc12)C(=O)N[C@@H](C(C)C)C(=O)N1CCC[C@H]1C(=O)N[C@H](C(N)=O)CSCCS3(=O)=O. The maximum Gasteiger partial charge on any atom is 0.305 e. The number of aliphatic carboxylic acids is 1. The Kier molecular flexibility index (Phi) is 41.0. The van der Waals surface area contributed by atoms with Crippen LogP contribution < -0.4 is 75.3 Å². The number of para-hydroxylation sites is 2. The highest BCUT2D eigenvalue weighted by Gasteiger charge is 2.44. The third-order valence-electron chi connectivity index (χ3n) is 26.0. The van der Waals surface area contributed by atoms with E-state index in [1.54, 1.807) is 157 Å². The van der Waals surface area contributed by atoms with Crippen molar-refractivity contribution in [3.8, 4) is 0 Å². The zero-order valence-corrected chi connectivity index (χ0v) is 88.2. The Hall–Kier alpha value is -11.7. The van der Waals surface area contributed by atoms with Gasteiger partial charge in [0.1, 0.15) is 60.2 Å².